The molecule has 1 aromatic rings. The van der Waals surface area contributed by atoms with Crippen molar-refractivity contribution in [3.05, 3.63) is 29.3 Å². The second-order valence-electron chi connectivity index (χ2n) is 4.54. The van der Waals surface area contributed by atoms with Crippen LogP contribution in [0.1, 0.15) is 25.0 Å². The summed E-state index contributed by atoms with van der Waals surface area (Å²) in [5.41, 5.74) is 9.86. The summed E-state index contributed by atoms with van der Waals surface area (Å²) < 4.78 is 0. The van der Waals surface area contributed by atoms with Crippen molar-refractivity contribution in [2.24, 2.45) is 5.73 Å². The summed E-state index contributed by atoms with van der Waals surface area (Å²) in [5.74, 6) is 0. The number of hydrogen-bond acceptors (Lipinski definition) is 2. The Morgan fingerprint density at radius 1 is 1.40 bits per heavy atom. The van der Waals surface area contributed by atoms with Gasteiger partial charge < -0.3 is 10.6 Å². The fourth-order valence-corrected chi connectivity index (χ4v) is 2.34. The van der Waals surface area contributed by atoms with Crippen molar-refractivity contribution in [2.45, 2.75) is 32.7 Å². The second-order valence-corrected chi connectivity index (χ2v) is 4.54. The van der Waals surface area contributed by atoms with Gasteiger partial charge in [0.15, 0.2) is 0 Å². The summed E-state index contributed by atoms with van der Waals surface area (Å²) in [7, 11) is 0. The summed E-state index contributed by atoms with van der Waals surface area (Å²) >= 11 is 0. The molecule has 0 aliphatic carbocycles. The van der Waals surface area contributed by atoms with Crippen molar-refractivity contribution < 1.29 is 0 Å². The Morgan fingerprint density at radius 3 is 2.87 bits per heavy atom. The molecule has 0 amide bonds. The molecular formula is C13H20N2. The van der Waals surface area contributed by atoms with E-state index >= 15 is 0 Å². The third-order valence-electron chi connectivity index (χ3n) is 3.13. The zero-order valence-corrected chi connectivity index (χ0v) is 9.66. The van der Waals surface area contributed by atoms with Crippen LogP contribution in [0.3, 0.4) is 0 Å². The smallest absolute Gasteiger partial charge is 0.0402 e. The van der Waals surface area contributed by atoms with Crippen molar-refractivity contribution in [1.29, 1.82) is 0 Å². The Labute approximate surface area is 92.1 Å². The van der Waals surface area contributed by atoms with Gasteiger partial charge in [-0.05, 0) is 50.4 Å². The molecule has 0 aromatic heterocycles. The minimum absolute atomic E-state index is 0.603. The number of fused-ring (bicyclic) bond motifs is 1. The van der Waals surface area contributed by atoms with E-state index in [0.29, 0.717) is 6.04 Å². The summed E-state index contributed by atoms with van der Waals surface area (Å²) in [5, 5.41) is 0. The number of rotatable bonds is 3. The molecule has 2 N–H and O–H groups in total. The normalized spacial score (nSPS) is 14.8. The molecule has 0 unspecified atom stereocenters. The van der Waals surface area contributed by atoms with Gasteiger partial charge in [0.25, 0.3) is 0 Å². The van der Waals surface area contributed by atoms with E-state index in [-0.39, 0.29) is 0 Å². The second kappa shape index (κ2) is 4.23. The molecule has 1 aliphatic heterocycles. The fraction of sp³-hybridized carbons (Fsp3) is 0.538. The predicted molar refractivity (Wildman–Crippen MR) is 65.4 cm³/mol. The monoisotopic (exact) mass is 204 g/mol. The average molecular weight is 204 g/mol. The van der Waals surface area contributed by atoms with Gasteiger partial charge in [-0.3, -0.25) is 0 Å². The third kappa shape index (κ3) is 2.00. The van der Waals surface area contributed by atoms with Gasteiger partial charge >= 0.3 is 0 Å². The highest BCUT2D eigenvalue weighted by Gasteiger charge is 2.20. The molecule has 2 rings (SSSR count). The maximum Gasteiger partial charge on any atom is 0.0402 e. The number of benzene rings is 1. The lowest BCUT2D eigenvalue weighted by molar-refractivity contribution is 0.710. The highest BCUT2D eigenvalue weighted by molar-refractivity contribution is 5.59. The van der Waals surface area contributed by atoms with Gasteiger partial charge in [-0.2, -0.15) is 0 Å². The maximum absolute atomic E-state index is 5.57. The summed E-state index contributed by atoms with van der Waals surface area (Å²) in [6.45, 7) is 6.41. The standard InChI is InChI=1S/C13H20N2/c1-10(2)15-8-6-12-9-11(5-7-14)3-4-13(12)15/h3-4,9-10H,5-8,14H2,1-2H3. The van der Waals surface area contributed by atoms with Gasteiger partial charge in [-0.1, -0.05) is 12.1 Å². The quantitative estimate of drug-likeness (QED) is 0.815. The van der Waals surface area contributed by atoms with Crippen LogP contribution in [0.25, 0.3) is 0 Å². The number of anilines is 1. The van der Waals surface area contributed by atoms with Gasteiger partial charge in [-0.25, -0.2) is 0 Å². The molecule has 0 saturated carbocycles. The van der Waals surface area contributed by atoms with Gasteiger partial charge in [0.1, 0.15) is 0 Å². The first-order chi connectivity index (χ1) is 7.22. The molecule has 2 heteroatoms. The topological polar surface area (TPSA) is 29.3 Å². The Hall–Kier alpha value is -1.02. The predicted octanol–water partition coefficient (Wildman–Crippen LogP) is 1.96. The first kappa shape index (κ1) is 10.5. The van der Waals surface area contributed by atoms with Crippen molar-refractivity contribution >= 4 is 5.69 Å². The van der Waals surface area contributed by atoms with Crippen LogP contribution in [0.2, 0.25) is 0 Å². The van der Waals surface area contributed by atoms with Crippen LogP contribution in [-0.2, 0) is 12.8 Å². The Kier molecular flexibility index (Phi) is 2.96. The van der Waals surface area contributed by atoms with Crippen molar-refractivity contribution in [3.63, 3.8) is 0 Å². The van der Waals surface area contributed by atoms with Crippen LogP contribution >= 0.6 is 0 Å². The largest absolute Gasteiger partial charge is 0.369 e. The highest BCUT2D eigenvalue weighted by atomic mass is 15.2. The first-order valence-electron chi connectivity index (χ1n) is 5.81. The molecule has 0 fully saturated rings. The molecule has 0 bridgehead atoms. The zero-order valence-electron chi connectivity index (χ0n) is 9.66. The van der Waals surface area contributed by atoms with E-state index in [1.165, 1.54) is 29.8 Å². The minimum Gasteiger partial charge on any atom is -0.369 e. The molecule has 1 aliphatic rings. The van der Waals surface area contributed by atoms with E-state index in [1.807, 2.05) is 0 Å². The third-order valence-corrected chi connectivity index (χ3v) is 3.13. The summed E-state index contributed by atoms with van der Waals surface area (Å²) in [6, 6.07) is 7.40. The van der Waals surface area contributed by atoms with E-state index < -0.39 is 0 Å². The van der Waals surface area contributed by atoms with Gasteiger partial charge in [0.05, 0.1) is 0 Å². The molecule has 1 aromatic carbocycles. The lowest BCUT2D eigenvalue weighted by atomic mass is 10.1. The average Bonchev–Trinajstić information content (AvgIpc) is 2.61. The fourth-order valence-electron chi connectivity index (χ4n) is 2.34. The molecule has 1 heterocycles. The van der Waals surface area contributed by atoms with Crippen molar-refractivity contribution in [3.8, 4) is 0 Å². The molecule has 0 saturated heterocycles. The van der Waals surface area contributed by atoms with Crippen LogP contribution in [0, 0.1) is 0 Å². The molecule has 82 valence electrons. The van der Waals surface area contributed by atoms with Crippen LogP contribution < -0.4 is 10.6 Å². The molecule has 2 nitrogen and oxygen atoms in total. The van der Waals surface area contributed by atoms with Crippen LogP contribution in [-0.4, -0.2) is 19.1 Å². The van der Waals surface area contributed by atoms with E-state index in [0.717, 1.165) is 13.0 Å². The Morgan fingerprint density at radius 2 is 2.20 bits per heavy atom. The Bertz CT molecular complexity index is 344. The Balaban J connectivity index is 2.25. The minimum atomic E-state index is 0.603. The van der Waals surface area contributed by atoms with Crippen LogP contribution in [0.4, 0.5) is 5.69 Å². The first-order valence-corrected chi connectivity index (χ1v) is 5.81. The van der Waals surface area contributed by atoms with Crippen LogP contribution in [0.15, 0.2) is 18.2 Å². The summed E-state index contributed by atoms with van der Waals surface area (Å²) in [4.78, 5) is 2.47. The SMILES string of the molecule is CC(C)N1CCc2cc(CCN)ccc21. The maximum atomic E-state index is 5.57. The molecular weight excluding hydrogens is 184 g/mol. The summed E-state index contributed by atoms with van der Waals surface area (Å²) in [6.07, 6.45) is 2.18. The number of hydrogen-bond donors (Lipinski definition) is 1. The molecule has 15 heavy (non-hydrogen) atoms. The van der Waals surface area contributed by atoms with E-state index in [4.69, 9.17) is 5.73 Å². The number of nitrogens with two attached hydrogens (primary N) is 1. The highest BCUT2D eigenvalue weighted by Crippen LogP contribution is 2.30. The number of nitrogens with zero attached hydrogens (tertiary/aromatic N) is 1. The lowest BCUT2D eigenvalue weighted by Gasteiger charge is -2.24. The van der Waals surface area contributed by atoms with Gasteiger partial charge in [0.2, 0.25) is 0 Å². The van der Waals surface area contributed by atoms with E-state index in [9.17, 15) is 0 Å². The molecule has 0 spiro atoms. The van der Waals surface area contributed by atoms with Crippen LogP contribution in [0.5, 0.6) is 0 Å². The van der Waals surface area contributed by atoms with Gasteiger partial charge in [-0.15, -0.1) is 0 Å². The van der Waals surface area contributed by atoms with Crippen molar-refractivity contribution in [2.75, 3.05) is 18.0 Å². The molecule has 0 atom stereocenters. The zero-order chi connectivity index (χ0) is 10.8. The lowest BCUT2D eigenvalue weighted by Crippen LogP contribution is -2.28. The van der Waals surface area contributed by atoms with E-state index in [2.05, 4.69) is 36.9 Å². The molecule has 0 radical (unpaired) electrons. The van der Waals surface area contributed by atoms with Gasteiger partial charge in [0, 0.05) is 18.3 Å². The van der Waals surface area contributed by atoms with E-state index in [1.54, 1.807) is 0 Å². The van der Waals surface area contributed by atoms with Crippen molar-refractivity contribution in [1.82, 2.24) is 0 Å².